The number of hydrogen-bond donors (Lipinski definition) is 1. The second-order valence-corrected chi connectivity index (χ2v) is 4.42. The number of carbonyl (C=O) groups is 1. The van der Waals surface area contributed by atoms with Gasteiger partial charge in [0, 0.05) is 6.42 Å². The first-order valence-electron chi connectivity index (χ1n) is 4.70. The molecule has 0 aromatic heterocycles. The normalized spacial score (nSPS) is 32.2. The second kappa shape index (κ2) is 3.35. The maximum atomic E-state index is 13.6. The fourth-order valence-corrected chi connectivity index (χ4v) is 2.22. The minimum atomic E-state index is -2.19. The Balaban J connectivity index is 2.39. The molecule has 2 atom stereocenters. The van der Waals surface area contributed by atoms with E-state index in [0.29, 0.717) is 11.3 Å². The summed E-state index contributed by atoms with van der Waals surface area (Å²) in [6, 6.07) is 6.23. The van der Waals surface area contributed by atoms with Gasteiger partial charge in [-0.05, 0) is 17.7 Å². The van der Waals surface area contributed by atoms with Crippen LogP contribution in [0.4, 0.5) is 4.39 Å². The molecular weight excluding hydrogens is 235 g/mol. The van der Waals surface area contributed by atoms with E-state index in [2.05, 4.69) is 0 Å². The lowest BCUT2D eigenvalue weighted by molar-refractivity contribution is -0.140. The molecule has 0 bridgehead atoms. The molecule has 0 saturated heterocycles. The van der Waals surface area contributed by atoms with E-state index in [-0.39, 0.29) is 6.42 Å². The standard InChI is InChI=1S/C11H10ClFO3/c1-16-8-4-2-7(3-5-8)10(9(14)15)6-11(10,12)13/h2-5H,6H2,1H3,(H,14,15). The van der Waals surface area contributed by atoms with Crippen LogP contribution in [-0.4, -0.2) is 23.3 Å². The highest BCUT2D eigenvalue weighted by Gasteiger charge is 2.75. The van der Waals surface area contributed by atoms with Crippen LogP contribution < -0.4 is 4.74 Å². The van der Waals surface area contributed by atoms with Gasteiger partial charge >= 0.3 is 5.97 Å². The molecule has 1 aliphatic carbocycles. The molecule has 3 nitrogen and oxygen atoms in total. The Kier molecular flexibility index (Phi) is 2.35. The van der Waals surface area contributed by atoms with Crippen molar-refractivity contribution in [3.05, 3.63) is 29.8 Å². The highest BCUT2D eigenvalue weighted by Crippen LogP contribution is 2.63. The van der Waals surface area contributed by atoms with Gasteiger partial charge in [0.1, 0.15) is 11.2 Å². The van der Waals surface area contributed by atoms with E-state index in [1.807, 2.05) is 0 Å². The molecule has 0 spiro atoms. The van der Waals surface area contributed by atoms with Gasteiger partial charge in [0.2, 0.25) is 5.13 Å². The summed E-state index contributed by atoms with van der Waals surface area (Å²) in [4.78, 5) is 11.1. The second-order valence-electron chi connectivity index (χ2n) is 3.82. The van der Waals surface area contributed by atoms with Crippen molar-refractivity contribution in [2.45, 2.75) is 17.0 Å². The Hall–Kier alpha value is -1.29. The van der Waals surface area contributed by atoms with E-state index in [1.165, 1.54) is 19.2 Å². The van der Waals surface area contributed by atoms with Crippen LogP contribution in [-0.2, 0) is 10.2 Å². The van der Waals surface area contributed by atoms with E-state index in [1.54, 1.807) is 12.1 Å². The Morgan fingerprint density at radius 1 is 1.50 bits per heavy atom. The zero-order valence-corrected chi connectivity index (χ0v) is 9.29. The summed E-state index contributed by atoms with van der Waals surface area (Å²) in [5.74, 6) is -0.654. The largest absolute Gasteiger partial charge is 0.497 e. The number of rotatable bonds is 3. The molecule has 2 rings (SSSR count). The van der Waals surface area contributed by atoms with Crippen molar-refractivity contribution in [1.82, 2.24) is 0 Å². The van der Waals surface area contributed by atoms with E-state index in [0.717, 1.165) is 0 Å². The SMILES string of the molecule is COc1ccc(C2(C(=O)O)CC2(F)Cl)cc1. The quantitative estimate of drug-likeness (QED) is 0.830. The topological polar surface area (TPSA) is 46.5 Å². The predicted molar refractivity (Wildman–Crippen MR) is 56.6 cm³/mol. The molecule has 1 aromatic carbocycles. The van der Waals surface area contributed by atoms with E-state index >= 15 is 0 Å². The number of benzene rings is 1. The van der Waals surface area contributed by atoms with Gasteiger partial charge < -0.3 is 9.84 Å². The summed E-state index contributed by atoms with van der Waals surface area (Å²) in [5.41, 5.74) is -1.25. The number of hydrogen-bond acceptors (Lipinski definition) is 2. The number of carboxylic acids is 1. The minimum Gasteiger partial charge on any atom is -0.497 e. The van der Waals surface area contributed by atoms with E-state index in [9.17, 15) is 9.18 Å². The lowest BCUT2D eigenvalue weighted by Gasteiger charge is -2.12. The maximum Gasteiger partial charge on any atom is 0.318 e. The lowest BCUT2D eigenvalue weighted by Crippen LogP contribution is -2.26. The number of ether oxygens (including phenoxy) is 1. The van der Waals surface area contributed by atoms with Crippen LogP contribution in [0.1, 0.15) is 12.0 Å². The third-order valence-electron chi connectivity index (χ3n) is 2.93. The zero-order chi connectivity index (χ0) is 12.0. The first kappa shape index (κ1) is 11.2. The fourth-order valence-electron chi connectivity index (χ4n) is 1.83. The zero-order valence-electron chi connectivity index (χ0n) is 8.54. The Labute approximate surface area is 96.8 Å². The molecule has 0 radical (unpaired) electrons. The van der Waals surface area contributed by atoms with Crippen molar-refractivity contribution in [3.8, 4) is 5.75 Å². The molecule has 16 heavy (non-hydrogen) atoms. The van der Waals surface area contributed by atoms with Gasteiger partial charge in [-0.1, -0.05) is 23.7 Å². The highest BCUT2D eigenvalue weighted by atomic mass is 35.5. The first-order chi connectivity index (χ1) is 7.44. The van der Waals surface area contributed by atoms with Crippen LogP contribution in [0.2, 0.25) is 0 Å². The summed E-state index contributed by atoms with van der Waals surface area (Å²) in [5, 5.41) is 6.88. The van der Waals surface area contributed by atoms with E-state index < -0.39 is 16.5 Å². The van der Waals surface area contributed by atoms with E-state index in [4.69, 9.17) is 21.4 Å². The van der Waals surface area contributed by atoms with Crippen LogP contribution in [0.3, 0.4) is 0 Å². The molecule has 0 aliphatic heterocycles. The summed E-state index contributed by atoms with van der Waals surface area (Å²) in [7, 11) is 1.50. The Morgan fingerprint density at radius 3 is 2.31 bits per heavy atom. The van der Waals surface area contributed by atoms with Crippen molar-refractivity contribution < 1.29 is 19.0 Å². The fraction of sp³-hybridized carbons (Fsp3) is 0.364. The third kappa shape index (κ3) is 1.37. The molecule has 1 fully saturated rings. The van der Waals surface area contributed by atoms with Gasteiger partial charge in [-0.2, -0.15) is 0 Å². The minimum absolute atomic E-state index is 0.205. The van der Waals surface area contributed by atoms with Crippen LogP contribution in [0.15, 0.2) is 24.3 Å². The van der Waals surface area contributed by atoms with Gasteiger partial charge in [0.05, 0.1) is 7.11 Å². The van der Waals surface area contributed by atoms with Crippen LogP contribution in [0.5, 0.6) is 5.75 Å². The maximum absolute atomic E-state index is 13.6. The van der Waals surface area contributed by atoms with Crippen molar-refractivity contribution in [3.63, 3.8) is 0 Å². The van der Waals surface area contributed by atoms with Crippen molar-refractivity contribution in [2.75, 3.05) is 7.11 Å². The van der Waals surface area contributed by atoms with Gasteiger partial charge in [-0.25, -0.2) is 4.39 Å². The number of carboxylic acid groups (broad SMARTS) is 1. The van der Waals surface area contributed by atoms with Crippen molar-refractivity contribution in [2.24, 2.45) is 0 Å². The van der Waals surface area contributed by atoms with Crippen molar-refractivity contribution in [1.29, 1.82) is 0 Å². The summed E-state index contributed by atoms with van der Waals surface area (Å²) >= 11 is 5.49. The molecule has 1 aromatic rings. The number of alkyl halides is 2. The number of halogens is 2. The van der Waals surface area contributed by atoms with Crippen LogP contribution in [0, 0.1) is 0 Å². The Bertz CT molecular complexity index is 429. The molecular formula is C11H10ClFO3. The van der Waals surface area contributed by atoms with Gasteiger partial charge in [0.15, 0.2) is 0 Å². The molecule has 1 aliphatic rings. The molecule has 1 saturated carbocycles. The van der Waals surface area contributed by atoms with Gasteiger partial charge in [-0.15, -0.1) is 0 Å². The monoisotopic (exact) mass is 244 g/mol. The first-order valence-corrected chi connectivity index (χ1v) is 5.07. The van der Waals surface area contributed by atoms with Crippen molar-refractivity contribution >= 4 is 17.6 Å². The highest BCUT2D eigenvalue weighted by molar-refractivity contribution is 6.29. The molecule has 5 heteroatoms. The molecule has 0 amide bonds. The smallest absolute Gasteiger partial charge is 0.318 e. The molecule has 1 N–H and O–H groups in total. The molecule has 86 valence electrons. The summed E-state index contributed by atoms with van der Waals surface area (Å²) in [6.45, 7) is 0. The number of aliphatic carboxylic acids is 1. The van der Waals surface area contributed by atoms with Crippen LogP contribution >= 0.6 is 11.6 Å². The summed E-state index contributed by atoms with van der Waals surface area (Å²) in [6.07, 6.45) is -0.205. The number of methoxy groups -OCH3 is 1. The molecule has 0 heterocycles. The molecule has 2 unspecified atom stereocenters. The average Bonchev–Trinajstić information content (AvgIpc) is 2.84. The average molecular weight is 245 g/mol. The third-order valence-corrected chi connectivity index (χ3v) is 3.39. The summed E-state index contributed by atoms with van der Waals surface area (Å²) < 4.78 is 18.5. The van der Waals surface area contributed by atoms with Crippen LogP contribution in [0.25, 0.3) is 0 Å². The predicted octanol–water partition coefficient (Wildman–Crippen LogP) is 2.33. The lowest BCUT2D eigenvalue weighted by atomic mass is 9.96. The van der Waals surface area contributed by atoms with Gasteiger partial charge in [-0.3, -0.25) is 4.79 Å². The van der Waals surface area contributed by atoms with Gasteiger partial charge in [0.25, 0.3) is 0 Å². The Morgan fingerprint density at radius 2 is 2.00 bits per heavy atom.